The molecule has 0 atom stereocenters. The smallest absolute Gasteiger partial charge is 0.262 e. The van der Waals surface area contributed by atoms with E-state index >= 15 is 0 Å². The quantitative estimate of drug-likeness (QED) is 0.673. The van der Waals surface area contributed by atoms with E-state index in [4.69, 9.17) is 17.3 Å². The van der Waals surface area contributed by atoms with E-state index in [-0.39, 0.29) is 21.4 Å². The second kappa shape index (κ2) is 5.26. The first kappa shape index (κ1) is 14.5. The van der Waals surface area contributed by atoms with Gasteiger partial charge in [0.05, 0.1) is 22.0 Å². The standard InChI is InChI=1S/C12H11ClFN3O2S/c1-7-11(4-5-12(13)16-7)17-20(18,19)8-2-3-9(14)10(15)6-8/h2-6,17H,15H2,1H3. The Bertz CT molecular complexity index is 765. The predicted octanol–water partition coefficient (Wildman–Crippen LogP) is 2.57. The van der Waals surface area contributed by atoms with Crippen molar-refractivity contribution in [2.24, 2.45) is 0 Å². The summed E-state index contributed by atoms with van der Waals surface area (Å²) >= 11 is 5.70. The lowest BCUT2D eigenvalue weighted by atomic mass is 10.3. The first-order valence-electron chi connectivity index (χ1n) is 5.50. The van der Waals surface area contributed by atoms with E-state index in [1.807, 2.05) is 0 Å². The Morgan fingerprint density at radius 2 is 2.00 bits per heavy atom. The molecular formula is C12H11ClFN3O2S. The van der Waals surface area contributed by atoms with Crippen LogP contribution >= 0.6 is 11.6 Å². The summed E-state index contributed by atoms with van der Waals surface area (Å²) in [7, 11) is -3.87. The molecule has 106 valence electrons. The summed E-state index contributed by atoms with van der Waals surface area (Å²) in [4.78, 5) is 3.80. The van der Waals surface area contributed by atoms with E-state index in [1.165, 1.54) is 12.1 Å². The number of benzene rings is 1. The lowest BCUT2D eigenvalue weighted by Crippen LogP contribution is -2.14. The van der Waals surface area contributed by atoms with Crippen molar-refractivity contribution < 1.29 is 12.8 Å². The maximum absolute atomic E-state index is 13.1. The molecule has 0 aliphatic carbocycles. The Morgan fingerprint density at radius 1 is 1.30 bits per heavy atom. The fourth-order valence-corrected chi connectivity index (χ4v) is 2.87. The molecule has 5 nitrogen and oxygen atoms in total. The maximum atomic E-state index is 13.1. The number of nitrogens with two attached hydrogens (primary N) is 1. The molecule has 0 radical (unpaired) electrons. The second-order valence-electron chi connectivity index (χ2n) is 4.06. The average Bonchev–Trinajstić information content (AvgIpc) is 2.36. The zero-order valence-corrected chi connectivity index (χ0v) is 12.0. The van der Waals surface area contributed by atoms with Crippen molar-refractivity contribution in [2.45, 2.75) is 11.8 Å². The van der Waals surface area contributed by atoms with Gasteiger partial charge >= 0.3 is 0 Å². The van der Waals surface area contributed by atoms with Gasteiger partial charge in [0, 0.05) is 0 Å². The van der Waals surface area contributed by atoms with Crippen LogP contribution in [0.1, 0.15) is 5.69 Å². The molecule has 8 heteroatoms. The van der Waals surface area contributed by atoms with Crippen LogP contribution in [0.5, 0.6) is 0 Å². The van der Waals surface area contributed by atoms with Crippen LogP contribution in [0.25, 0.3) is 0 Å². The van der Waals surface area contributed by atoms with Gasteiger partial charge in [0.1, 0.15) is 11.0 Å². The fraction of sp³-hybridized carbons (Fsp3) is 0.0833. The van der Waals surface area contributed by atoms with Crippen molar-refractivity contribution >= 4 is 33.0 Å². The third-order valence-electron chi connectivity index (χ3n) is 2.57. The summed E-state index contributed by atoms with van der Waals surface area (Å²) in [5, 5.41) is 0.261. The molecule has 2 rings (SSSR count). The number of anilines is 2. The molecular weight excluding hydrogens is 305 g/mol. The number of hydrogen-bond acceptors (Lipinski definition) is 4. The molecule has 0 bridgehead atoms. The minimum atomic E-state index is -3.87. The van der Waals surface area contributed by atoms with Crippen LogP contribution in [-0.4, -0.2) is 13.4 Å². The summed E-state index contributed by atoms with van der Waals surface area (Å²) < 4.78 is 39.7. The first-order valence-corrected chi connectivity index (χ1v) is 7.37. The van der Waals surface area contributed by atoms with E-state index in [0.29, 0.717) is 5.69 Å². The Balaban J connectivity index is 2.38. The van der Waals surface area contributed by atoms with Crippen molar-refractivity contribution in [3.8, 4) is 0 Å². The van der Waals surface area contributed by atoms with Gasteiger partial charge in [0.25, 0.3) is 10.0 Å². The first-order chi connectivity index (χ1) is 9.29. The molecule has 2 aromatic rings. The van der Waals surface area contributed by atoms with Crippen LogP contribution < -0.4 is 10.5 Å². The van der Waals surface area contributed by atoms with Gasteiger partial charge < -0.3 is 5.73 Å². The highest BCUT2D eigenvalue weighted by molar-refractivity contribution is 7.92. The highest BCUT2D eigenvalue weighted by Crippen LogP contribution is 2.22. The third kappa shape index (κ3) is 3.00. The van der Waals surface area contributed by atoms with E-state index < -0.39 is 15.8 Å². The predicted molar refractivity (Wildman–Crippen MR) is 75.6 cm³/mol. The van der Waals surface area contributed by atoms with Crippen LogP contribution in [0.15, 0.2) is 35.2 Å². The molecule has 1 aromatic heterocycles. The van der Waals surface area contributed by atoms with Crippen LogP contribution in [-0.2, 0) is 10.0 Å². The summed E-state index contributed by atoms with van der Waals surface area (Å²) in [6.07, 6.45) is 0. The Labute approximate surface area is 120 Å². The van der Waals surface area contributed by atoms with Crippen LogP contribution in [0.3, 0.4) is 0 Å². The summed E-state index contributed by atoms with van der Waals surface area (Å²) in [5.74, 6) is -0.673. The molecule has 20 heavy (non-hydrogen) atoms. The van der Waals surface area contributed by atoms with Crippen LogP contribution in [0, 0.1) is 12.7 Å². The normalized spacial score (nSPS) is 11.3. The number of aryl methyl sites for hydroxylation is 1. The number of halogens is 2. The Morgan fingerprint density at radius 3 is 2.60 bits per heavy atom. The van der Waals surface area contributed by atoms with E-state index in [2.05, 4.69) is 9.71 Å². The molecule has 0 amide bonds. The van der Waals surface area contributed by atoms with Gasteiger partial charge in [-0.2, -0.15) is 0 Å². The molecule has 1 heterocycles. The molecule has 1 aromatic carbocycles. The van der Waals surface area contributed by atoms with Crippen molar-refractivity contribution in [1.29, 1.82) is 0 Å². The van der Waals surface area contributed by atoms with Gasteiger partial charge in [0.2, 0.25) is 0 Å². The molecule has 0 unspecified atom stereocenters. The van der Waals surface area contributed by atoms with Gasteiger partial charge in [-0.3, -0.25) is 4.72 Å². The molecule has 3 N–H and O–H groups in total. The zero-order valence-electron chi connectivity index (χ0n) is 10.4. The molecule has 0 saturated carbocycles. The van der Waals surface area contributed by atoms with Gasteiger partial charge in [-0.15, -0.1) is 0 Å². The lowest BCUT2D eigenvalue weighted by Gasteiger charge is -2.10. The van der Waals surface area contributed by atoms with Crippen molar-refractivity contribution in [3.63, 3.8) is 0 Å². The summed E-state index contributed by atoms with van der Waals surface area (Å²) in [5.41, 5.74) is 5.84. The van der Waals surface area contributed by atoms with Gasteiger partial charge in [0.15, 0.2) is 0 Å². The van der Waals surface area contributed by atoms with Crippen LogP contribution in [0.2, 0.25) is 5.15 Å². The van der Waals surface area contributed by atoms with Gasteiger partial charge in [-0.25, -0.2) is 17.8 Å². The number of hydrogen-bond donors (Lipinski definition) is 2. The number of sulfonamides is 1. The minimum absolute atomic E-state index is 0.134. The lowest BCUT2D eigenvalue weighted by molar-refractivity contribution is 0.600. The van der Waals surface area contributed by atoms with Gasteiger partial charge in [-0.05, 0) is 37.3 Å². The topological polar surface area (TPSA) is 85.1 Å². The maximum Gasteiger partial charge on any atom is 0.262 e. The molecule has 0 saturated heterocycles. The average molecular weight is 316 g/mol. The summed E-state index contributed by atoms with van der Waals surface area (Å²) in [6.45, 7) is 1.61. The number of nitrogens with one attached hydrogen (secondary N) is 1. The zero-order chi connectivity index (χ0) is 14.9. The molecule has 0 aliphatic rings. The monoisotopic (exact) mass is 315 g/mol. The largest absolute Gasteiger partial charge is 0.396 e. The summed E-state index contributed by atoms with van der Waals surface area (Å²) in [6, 6.07) is 6.14. The van der Waals surface area contributed by atoms with Crippen LogP contribution in [0.4, 0.5) is 15.8 Å². The Kier molecular flexibility index (Phi) is 3.82. The SMILES string of the molecule is Cc1nc(Cl)ccc1NS(=O)(=O)c1ccc(F)c(N)c1. The third-order valence-corrected chi connectivity index (χ3v) is 4.15. The molecule has 0 aliphatic heterocycles. The van der Waals surface area contributed by atoms with E-state index in [0.717, 1.165) is 18.2 Å². The number of aromatic nitrogens is 1. The van der Waals surface area contributed by atoms with E-state index in [9.17, 15) is 12.8 Å². The van der Waals surface area contributed by atoms with Gasteiger partial charge in [-0.1, -0.05) is 11.6 Å². The fourth-order valence-electron chi connectivity index (χ4n) is 1.53. The highest BCUT2D eigenvalue weighted by atomic mass is 35.5. The minimum Gasteiger partial charge on any atom is -0.396 e. The number of rotatable bonds is 3. The van der Waals surface area contributed by atoms with E-state index in [1.54, 1.807) is 6.92 Å². The van der Waals surface area contributed by atoms with Crippen molar-refractivity contribution in [3.05, 3.63) is 47.0 Å². The second-order valence-corrected chi connectivity index (χ2v) is 6.13. The Hall–Kier alpha value is -1.86. The highest BCUT2D eigenvalue weighted by Gasteiger charge is 2.17. The number of nitrogens with zero attached hydrogens (tertiary/aromatic N) is 1. The van der Waals surface area contributed by atoms with Crippen molar-refractivity contribution in [2.75, 3.05) is 10.5 Å². The number of pyridine rings is 1. The number of nitrogen functional groups attached to an aromatic ring is 1. The molecule has 0 fully saturated rings. The molecule has 0 spiro atoms. The van der Waals surface area contributed by atoms with Crippen molar-refractivity contribution in [1.82, 2.24) is 4.98 Å².